The zero-order valence-electron chi connectivity index (χ0n) is 15.2. The van der Waals surface area contributed by atoms with Crippen LogP contribution >= 0.6 is 0 Å². The largest absolute Gasteiger partial charge is 0.399 e. The molecule has 1 aliphatic heterocycles. The van der Waals surface area contributed by atoms with E-state index in [1.54, 1.807) is 0 Å². The van der Waals surface area contributed by atoms with Gasteiger partial charge >= 0.3 is 0 Å². The molecule has 0 aromatic heterocycles. The van der Waals surface area contributed by atoms with E-state index in [-0.39, 0.29) is 5.91 Å². The van der Waals surface area contributed by atoms with Crippen molar-refractivity contribution in [2.75, 3.05) is 36.8 Å². The minimum Gasteiger partial charge on any atom is -0.399 e. The highest BCUT2D eigenvalue weighted by atomic mass is 16.2. The van der Waals surface area contributed by atoms with Gasteiger partial charge in [-0.2, -0.15) is 0 Å². The van der Waals surface area contributed by atoms with E-state index < -0.39 is 0 Å². The lowest BCUT2D eigenvalue weighted by molar-refractivity contribution is 0.0747. The maximum absolute atomic E-state index is 13.2. The van der Waals surface area contributed by atoms with Crippen molar-refractivity contribution in [1.29, 1.82) is 0 Å². The molecule has 3 aromatic carbocycles. The Kier molecular flexibility index (Phi) is 4.79. The van der Waals surface area contributed by atoms with Gasteiger partial charge in [-0.15, -0.1) is 0 Å². The van der Waals surface area contributed by atoms with E-state index in [9.17, 15) is 4.79 Å². The minimum absolute atomic E-state index is 0.103. The molecule has 27 heavy (non-hydrogen) atoms. The summed E-state index contributed by atoms with van der Waals surface area (Å²) >= 11 is 0. The number of piperazine rings is 1. The van der Waals surface area contributed by atoms with E-state index in [2.05, 4.69) is 4.90 Å². The normalized spacial score (nSPS) is 14.2. The molecule has 1 aliphatic rings. The second kappa shape index (κ2) is 7.54. The van der Waals surface area contributed by atoms with Crippen molar-refractivity contribution < 1.29 is 4.79 Å². The van der Waals surface area contributed by atoms with Crippen LogP contribution in [0.5, 0.6) is 0 Å². The Hall–Kier alpha value is -3.27. The van der Waals surface area contributed by atoms with E-state index in [4.69, 9.17) is 5.73 Å². The number of nitrogens with zero attached hydrogens (tertiary/aromatic N) is 2. The van der Waals surface area contributed by atoms with Crippen LogP contribution in [0, 0.1) is 0 Å². The predicted molar refractivity (Wildman–Crippen MR) is 111 cm³/mol. The van der Waals surface area contributed by atoms with Gasteiger partial charge in [0, 0.05) is 43.1 Å². The fraction of sp³-hybridized carbons (Fsp3) is 0.174. The molecular weight excluding hydrogens is 334 g/mol. The van der Waals surface area contributed by atoms with Crippen LogP contribution in [0.25, 0.3) is 11.1 Å². The number of carbonyl (C=O) groups is 1. The lowest BCUT2D eigenvalue weighted by Gasteiger charge is -2.36. The first-order valence-electron chi connectivity index (χ1n) is 9.26. The van der Waals surface area contributed by atoms with Crippen LogP contribution in [0.4, 0.5) is 11.4 Å². The summed E-state index contributed by atoms with van der Waals surface area (Å²) in [5, 5.41) is 0. The summed E-state index contributed by atoms with van der Waals surface area (Å²) in [6, 6.07) is 25.9. The molecule has 4 nitrogen and oxygen atoms in total. The van der Waals surface area contributed by atoms with Gasteiger partial charge in [-0.05, 0) is 41.5 Å². The van der Waals surface area contributed by atoms with E-state index in [1.165, 1.54) is 0 Å². The standard InChI is InChI=1S/C23H23N3O/c24-19-10-12-20(13-11-19)25-14-16-26(17-15-25)23(27)22-9-5-4-8-21(22)18-6-2-1-3-7-18/h1-13H,14-17,24H2. The molecule has 0 aliphatic carbocycles. The van der Waals surface area contributed by atoms with E-state index in [1.807, 2.05) is 83.8 Å². The van der Waals surface area contributed by atoms with Gasteiger partial charge in [0.25, 0.3) is 5.91 Å². The SMILES string of the molecule is Nc1ccc(N2CCN(C(=O)c3ccccc3-c3ccccc3)CC2)cc1. The van der Waals surface area contributed by atoms with Gasteiger partial charge in [0.05, 0.1) is 0 Å². The molecule has 0 unspecified atom stereocenters. The molecule has 1 saturated heterocycles. The van der Waals surface area contributed by atoms with Crippen LogP contribution < -0.4 is 10.6 Å². The molecule has 0 atom stereocenters. The summed E-state index contributed by atoms with van der Waals surface area (Å²) < 4.78 is 0. The van der Waals surface area contributed by atoms with Crippen LogP contribution in [-0.4, -0.2) is 37.0 Å². The summed E-state index contributed by atoms with van der Waals surface area (Å²) in [5.74, 6) is 0.103. The van der Waals surface area contributed by atoms with Crippen molar-refractivity contribution in [1.82, 2.24) is 4.90 Å². The average Bonchev–Trinajstić information content (AvgIpc) is 2.74. The molecule has 136 valence electrons. The number of benzene rings is 3. The quantitative estimate of drug-likeness (QED) is 0.723. The van der Waals surface area contributed by atoms with Crippen molar-refractivity contribution in [3.05, 3.63) is 84.4 Å². The van der Waals surface area contributed by atoms with Gasteiger partial charge < -0.3 is 15.5 Å². The van der Waals surface area contributed by atoms with Crippen LogP contribution in [0.2, 0.25) is 0 Å². The first-order chi connectivity index (χ1) is 13.2. The van der Waals surface area contributed by atoms with Crippen molar-refractivity contribution in [2.45, 2.75) is 0 Å². The van der Waals surface area contributed by atoms with Crippen molar-refractivity contribution in [2.24, 2.45) is 0 Å². The molecule has 1 amide bonds. The third-order valence-electron chi connectivity index (χ3n) is 5.07. The lowest BCUT2D eigenvalue weighted by Crippen LogP contribution is -2.48. The third-order valence-corrected chi connectivity index (χ3v) is 5.07. The molecular formula is C23H23N3O. The van der Waals surface area contributed by atoms with Crippen LogP contribution in [0.1, 0.15) is 10.4 Å². The monoisotopic (exact) mass is 357 g/mol. The zero-order chi connectivity index (χ0) is 18.6. The Morgan fingerprint density at radius 1 is 0.741 bits per heavy atom. The first kappa shape index (κ1) is 17.2. The van der Waals surface area contributed by atoms with Crippen molar-refractivity contribution in [3.63, 3.8) is 0 Å². The Morgan fingerprint density at radius 2 is 1.37 bits per heavy atom. The Morgan fingerprint density at radius 3 is 2.07 bits per heavy atom. The number of nitrogen functional groups attached to an aromatic ring is 1. The fourth-order valence-corrected chi connectivity index (χ4v) is 3.56. The summed E-state index contributed by atoms with van der Waals surface area (Å²) in [5.41, 5.74) is 10.5. The zero-order valence-corrected chi connectivity index (χ0v) is 15.2. The molecule has 4 heteroatoms. The number of carbonyl (C=O) groups excluding carboxylic acids is 1. The van der Waals surface area contributed by atoms with E-state index in [0.717, 1.165) is 41.2 Å². The lowest BCUT2D eigenvalue weighted by atomic mass is 9.98. The van der Waals surface area contributed by atoms with Gasteiger partial charge in [-0.1, -0.05) is 48.5 Å². The summed E-state index contributed by atoms with van der Waals surface area (Å²) in [7, 11) is 0. The van der Waals surface area contributed by atoms with Crippen molar-refractivity contribution >= 4 is 17.3 Å². The predicted octanol–water partition coefficient (Wildman–Crippen LogP) is 3.90. The van der Waals surface area contributed by atoms with Gasteiger partial charge in [-0.25, -0.2) is 0 Å². The molecule has 0 saturated carbocycles. The maximum Gasteiger partial charge on any atom is 0.254 e. The molecule has 0 spiro atoms. The smallest absolute Gasteiger partial charge is 0.254 e. The van der Waals surface area contributed by atoms with Crippen LogP contribution in [0.3, 0.4) is 0 Å². The summed E-state index contributed by atoms with van der Waals surface area (Å²) in [6.07, 6.45) is 0. The highest BCUT2D eigenvalue weighted by Gasteiger charge is 2.24. The van der Waals surface area contributed by atoms with Gasteiger partial charge in [-0.3, -0.25) is 4.79 Å². The number of nitrogens with two attached hydrogens (primary N) is 1. The van der Waals surface area contributed by atoms with Crippen molar-refractivity contribution in [3.8, 4) is 11.1 Å². The molecule has 1 heterocycles. The van der Waals surface area contributed by atoms with Gasteiger partial charge in [0.2, 0.25) is 0 Å². The van der Waals surface area contributed by atoms with E-state index >= 15 is 0 Å². The highest BCUT2D eigenvalue weighted by Crippen LogP contribution is 2.25. The fourth-order valence-electron chi connectivity index (χ4n) is 3.56. The molecule has 2 N–H and O–H groups in total. The molecule has 4 rings (SSSR count). The van der Waals surface area contributed by atoms with Gasteiger partial charge in [0.1, 0.15) is 0 Å². The average molecular weight is 357 g/mol. The van der Waals surface area contributed by atoms with Crippen LogP contribution in [-0.2, 0) is 0 Å². The Labute approximate surface area is 159 Å². The highest BCUT2D eigenvalue weighted by molar-refractivity contribution is 6.01. The number of rotatable bonds is 3. The first-order valence-corrected chi connectivity index (χ1v) is 9.26. The number of hydrogen-bond acceptors (Lipinski definition) is 3. The number of amides is 1. The summed E-state index contributed by atoms with van der Waals surface area (Å²) in [4.78, 5) is 17.4. The second-order valence-corrected chi connectivity index (χ2v) is 6.78. The molecule has 0 radical (unpaired) electrons. The van der Waals surface area contributed by atoms with Crippen LogP contribution in [0.15, 0.2) is 78.9 Å². The number of hydrogen-bond donors (Lipinski definition) is 1. The topological polar surface area (TPSA) is 49.6 Å². The molecule has 3 aromatic rings. The number of anilines is 2. The molecule has 0 bridgehead atoms. The van der Waals surface area contributed by atoms with Gasteiger partial charge in [0.15, 0.2) is 0 Å². The second-order valence-electron chi connectivity index (χ2n) is 6.78. The van der Waals surface area contributed by atoms with E-state index in [0.29, 0.717) is 13.1 Å². The minimum atomic E-state index is 0.103. The third kappa shape index (κ3) is 3.65. The Bertz CT molecular complexity index is 914. The Balaban J connectivity index is 1.50. The molecule has 1 fully saturated rings. The summed E-state index contributed by atoms with van der Waals surface area (Å²) in [6.45, 7) is 3.07. The maximum atomic E-state index is 13.2.